The van der Waals surface area contributed by atoms with E-state index in [1.165, 1.54) is 0 Å². The van der Waals surface area contributed by atoms with Crippen molar-refractivity contribution in [3.05, 3.63) is 70.7 Å². The maximum Gasteiger partial charge on any atom is 0.258 e. The quantitative estimate of drug-likeness (QED) is 0.435. The van der Waals surface area contributed by atoms with Gasteiger partial charge in [-0.3, -0.25) is 0 Å². The van der Waals surface area contributed by atoms with Crippen LogP contribution < -0.4 is 10.1 Å². The number of ether oxygens (including phenoxy) is 1. The molecule has 2 aromatic carbocycles. The molecule has 4 rings (SSSR count). The van der Waals surface area contributed by atoms with E-state index in [1.807, 2.05) is 48.5 Å². The van der Waals surface area contributed by atoms with Crippen molar-refractivity contribution in [3.8, 4) is 17.1 Å². The van der Waals surface area contributed by atoms with Crippen LogP contribution in [0.2, 0.25) is 5.02 Å². The van der Waals surface area contributed by atoms with E-state index in [-0.39, 0.29) is 6.04 Å². The molecule has 3 aromatic rings. The summed E-state index contributed by atoms with van der Waals surface area (Å²) in [5.41, 5.74) is 3.79. The summed E-state index contributed by atoms with van der Waals surface area (Å²) in [5.74, 6) is 1.77. The van der Waals surface area contributed by atoms with Gasteiger partial charge in [-0.1, -0.05) is 42.2 Å². The lowest BCUT2D eigenvalue weighted by molar-refractivity contribution is 0.395. The summed E-state index contributed by atoms with van der Waals surface area (Å²) >= 11 is 11.7. The zero-order valence-electron chi connectivity index (χ0n) is 18.3. The number of nitrogens with one attached hydrogen (secondary N) is 1. The molecule has 0 amide bonds. The maximum atomic E-state index is 6.02. The van der Waals surface area contributed by atoms with Crippen LogP contribution in [0.1, 0.15) is 44.2 Å². The van der Waals surface area contributed by atoms with Gasteiger partial charge in [-0.05, 0) is 67.5 Å². The van der Waals surface area contributed by atoms with Crippen LogP contribution in [0.15, 0.2) is 58.8 Å². The first-order valence-corrected chi connectivity index (χ1v) is 11.3. The highest BCUT2D eigenvalue weighted by Crippen LogP contribution is 2.38. The average Bonchev–Trinajstić information content (AvgIpc) is 3.29. The zero-order valence-corrected chi connectivity index (χ0v) is 19.8. The number of benzene rings is 2. The molecule has 0 fully saturated rings. The molecule has 1 aromatic heterocycles. The Morgan fingerprint density at radius 2 is 1.88 bits per heavy atom. The lowest BCUT2D eigenvalue weighted by Gasteiger charge is -2.37. The van der Waals surface area contributed by atoms with Gasteiger partial charge >= 0.3 is 0 Å². The SMILES string of the molecule is CCCCN1C(=S)NC(c2ccc(OC)cc2)C(c2nc(-c3ccc(Cl)cc3)no2)=C1C. The minimum absolute atomic E-state index is 0.218. The Kier molecular flexibility index (Phi) is 6.77. The van der Waals surface area contributed by atoms with Crippen molar-refractivity contribution in [2.45, 2.75) is 32.7 Å². The number of rotatable bonds is 7. The predicted molar refractivity (Wildman–Crippen MR) is 130 cm³/mol. The van der Waals surface area contributed by atoms with Gasteiger partial charge in [-0.25, -0.2) is 0 Å². The molecule has 8 heteroatoms. The number of thiocarbonyl (C=S) groups is 1. The van der Waals surface area contributed by atoms with Crippen molar-refractivity contribution in [1.82, 2.24) is 20.4 Å². The van der Waals surface area contributed by atoms with Gasteiger partial charge in [0.2, 0.25) is 5.82 Å². The lowest BCUT2D eigenvalue weighted by Crippen LogP contribution is -2.46. The number of unbranched alkanes of at least 4 members (excludes halogenated alkanes) is 1. The summed E-state index contributed by atoms with van der Waals surface area (Å²) in [4.78, 5) is 6.83. The van der Waals surface area contributed by atoms with Crippen molar-refractivity contribution >= 4 is 34.5 Å². The molecular formula is C24H25ClN4O2S. The van der Waals surface area contributed by atoms with E-state index in [4.69, 9.17) is 38.1 Å². The van der Waals surface area contributed by atoms with Crippen LogP contribution in [-0.2, 0) is 0 Å². The monoisotopic (exact) mass is 468 g/mol. The highest BCUT2D eigenvalue weighted by molar-refractivity contribution is 7.80. The summed E-state index contributed by atoms with van der Waals surface area (Å²) in [6.07, 6.45) is 2.10. The fraction of sp³-hybridized carbons (Fsp3) is 0.292. The zero-order chi connectivity index (χ0) is 22.7. The molecule has 0 saturated heterocycles. The minimum atomic E-state index is -0.218. The number of methoxy groups -OCH3 is 1. The van der Waals surface area contributed by atoms with Gasteiger partial charge in [-0.15, -0.1) is 0 Å². The minimum Gasteiger partial charge on any atom is -0.497 e. The average molecular weight is 469 g/mol. The first kappa shape index (κ1) is 22.3. The molecule has 1 N–H and O–H groups in total. The molecular weight excluding hydrogens is 444 g/mol. The summed E-state index contributed by atoms with van der Waals surface area (Å²) in [7, 11) is 1.65. The second-order valence-electron chi connectivity index (χ2n) is 7.59. The van der Waals surface area contributed by atoms with Crippen molar-refractivity contribution < 1.29 is 9.26 Å². The molecule has 1 atom stereocenters. The molecule has 32 heavy (non-hydrogen) atoms. The van der Waals surface area contributed by atoms with E-state index >= 15 is 0 Å². The van der Waals surface area contributed by atoms with E-state index in [0.29, 0.717) is 21.9 Å². The molecule has 1 aliphatic heterocycles. The van der Waals surface area contributed by atoms with Crippen LogP contribution in [0.4, 0.5) is 0 Å². The third kappa shape index (κ3) is 4.49. The van der Waals surface area contributed by atoms with Crippen LogP contribution in [0.3, 0.4) is 0 Å². The van der Waals surface area contributed by atoms with Gasteiger partial charge in [0, 0.05) is 22.8 Å². The number of hydrogen-bond acceptors (Lipinski definition) is 5. The van der Waals surface area contributed by atoms with Crippen LogP contribution in [0.5, 0.6) is 5.75 Å². The van der Waals surface area contributed by atoms with Gasteiger partial charge in [-0.2, -0.15) is 4.98 Å². The summed E-state index contributed by atoms with van der Waals surface area (Å²) in [6, 6.07) is 15.1. The molecule has 0 radical (unpaired) electrons. The van der Waals surface area contributed by atoms with Crippen LogP contribution in [-0.4, -0.2) is 33.8 Å². The second kappa shape index (κ2) is 9.71. The number of allylic oxidation sites excluding steroid dienone is 1. The standard InChI is InChI=1S/C24H25ClN4O2S/c1-4-5-14-29-15(2)20(21(26-24(29)32)16-8-12-19(30-3)13-9-16)23-27-22(28-31-23)17-6-10-18(25)11-7-17/h6-13,21H,4-5,14H2,1-3H3,(H,26,32). The number of hydrogen-bond donors (Lipinski definition) is 1. The summed E-state index contributed by atoms with van der Waals surface area (Å²) < 4.78 is 11.1. The Morgan fingerprint density at radius 1 is 1.16 bits per heavy atom. The Labute approximate surface area is 198 Å². The fourth-order valence-corrected chi connectivity index (χ4v) is 4.21. The highest BCUT2D eigenvalue weighted by Gasteiger charge is 2.33. The topological polar surface area (TPSA) is 63.4 Å². The molecule has 0 bridgehead atoms. The van der Waals surface area contributed by atoms with Crippen molar-refractivity contribution in [2.75, 3.05) is 13.7 Å². The van der Waals surface area contributed by atoms with Crippen molar-refractivity contribution in [3.63, 3.8) is 0 Å². The van der Waals surface area contributed by atoms with E-state index in [0.717, 1.165) is 47.5 Å². The Morgan fingerprint density at radius 3 is 2.53 bits per heavy atom. The van der Waals surface area contributed by atoms with Gasteiger partial charge in [0.15, 0.2) is 5.11 Å². The molecule has 166 valence electrons. The lowest BCUT2D eigenvalue weighted by atomic mass is 9.94. The van der Waals surface area contributed by atoms with Gasteiger partial charge in [0.25, 0.3) is 5.89 Å². The molecule has 1 unspecified atom stereocenters. The Bertz CT molecular complexity index is 1130. The maximum absolute atomic E-state index is 6.02. The number of halogens is 1. The molecule has 0 saturated carbocycles. The van der Waals surface area contributed by atoms with E-state index in [2.05, 4.69) is 29.2 Å². The second-order valence-corrected chi connectivity index (χ2v) is 8.41. The first-order chi connectivity index (χ1) is 15.5. The molecule has 0 aliphatic carbocycles. The van der Waals surface area contributed by atoms with Crippen LogP contribution >= 0.6 is 23.8 Å². The largest absolute Gasteiger partial charge is 0.497 e. The van der Waals surface area contributed by atoms with Crippen LogP contribution in [0.25, 0.3) is 17.0 Å². The predicted octanol–water partition coefficient (Wildman–Crippen LogP) is 5.86. The van der Waals surface area contributed by atoms with E-state index < -0.39 is 0 Å². The number of aromatic nitrogens is 2. The third-order valence-corrected chi connectivity index (χ3v) is 6.13. The van der Waals surface area contributed by atoms with Crippen molar-refractivity contribution in [2.24, 2.45) is 0 Å². The normalized spacial score (nSPS) is 16.3. The molecule has 2 heterocycles. The van der Waals surface area contributed by atoms with Gasteiger partial charge < -0.3 is 19.5 Å². The van der Waals surface area contributed by atoms with Crippen LogP contribution in [0, 0.1) is 0 Å². The summed E-state index contributed by atoms with van der Waals surface area (Å²) in [6.45, 7) is 5.04. The molecule has 0 spiro atoms. The van der Waals surface area contributed by atoms with Gasteiger partial charge in [0.1, 0.15) is 5.75 Å². The van der Waals surface area contributed by atoms with Gasteiger partial charge in [0.05, 0.1) is 18.7 Å². The Balaban J connectivity index is 1.77. The highest BCUT2D eigenvalue weighted by atomic mass is 35.5. The molecule has 1 aliphatic rings. The first-order valence-electron chi connectivity index (χ1n) is 10.5. The van der Waals surface area contributed by atoms with E-state index in [1.54, 1.807) is 7.11 Å². The third-order valence-electron chi connectivity index (χ3n) is 5.54. The van der Waals surface area contributed by atoms with Crippen molar-refractivity contribution in [1.29, 1.82) is 0 Å². The Hall–Kier alpha value is -2.90. The molecule has 6 nitrogen and oxygen atoms in total. The number of nitrogens with zero attached hydrogens (tertiary/aromatic N) is 3. The summed E-state index contributed by atoms with van der Waals surface area (Å²) in [5, 5.41) is 9.05. The smallest absolute Gasteiger partial charge is 0.258 e. The fourth-order valence-electron chi connectivity index (χ4n) is 3.74. The van der Waals surface area contributed by atoms with E-state index in [9.17, 15) is 0 Å².